The zero-order chi connectivity index (χ0) is 15.1. The van der Waals surface area contributed by atoms with Crippen LogP contribution in [0.3, 0.4) is 0 Å². The van der Waals surface area contributed by atoms with Crippen molar-refractivity contribution in [2.45, 2.75) is 19.4 Å². The maximum atomic E-state index is 12.9. The van der Waals surface area contributed by atoms with Crippen molar-refractivity contribution in [1.82, 2.24) is 9.97 Å². The lowest BCUT2D eigenvalue weighted by molar-refractivity contribution is 0.0981. The quantitative estimate of drug-likeness (QED) is 0.691. The first-order chi connectivity index (χ1) is 10.7. The van der Waals surface area contributed by atoms with Crippen molar-refractivity contribution in [3.63, 3.8) is 0 Å². The number of aromatic nitrogens is 2. The molecule has 108 valence electrons. The number of carbonyl (C=O) groups is 1. The smallest absolute Gasteiger partial charge is 0.258 e. The minimum Gasteiger partial charge on any atom is -0.305 e. The SMILES string of the molecule is C[C@@H]1Cc2ccccc2N1C(=O)c1ccc2nccnc2c1. The van der Waals surface area contributed by atoms with E-state index in [4.69, 9.17) is 0 Å². The number of fused-ring (bicyclic) bond motifs is 2. The molecule has 22 heavy (non-hydrogen) atoms. The van der Waals surface area contributed by atoms with E-state index in [2.05, 4.69) is 23.0 Å². The van der Waals surface area contributed by atoms with Gasteiger partial charge in [0.05, 0.1) is 11.0 Å². The highest BCUT2D eigenvalue weighted by Crippen LogP contribution is 2.33. The molecule has 0 N–H and O–H groups in total. The van der Waals surface area contributed by atoms with Crippen molar-refractivity contribution in [3.05, 3.63) is 66.0 Å². The Morgan fingerprint density at radius 2 is 1.86 bits per heavy atom. The predicted octanol–water partition coefficient (Wildman–Crippen LogP) is 3.22. The average Bonchev–Trinajstić information content (AvgIpc) is 2.89. The van der Waals surface area contributed by atoms with E-state index in [0.717, 1.165) is 23.1 Å². The molecule has 0 radical (unpaired) electrons. The summed E-state index contributed by atoms with van der Waals surface area (Å²) >= 11 is 0. The fourth-order valence-corrected chi connectivity index (χ4v) is 3.11. The molecular formula is C18H15N3O. The molecule has 0 fully saturated rings. The molecule has 4 nitrogen and oxygen atoms in total. The molecule has 2 aromatic carbocycles. The van der Waals surface area contributed by atoms with Crippen LogP contribution in [0.15, 0.2) is 54.9 Å². The number of hydrogen-bond acceptors (Lipinski definition) is 3. The first-order valence-electron chi connectivity index (χ1n) is 7.36. The van der Waals surface area contributed by atoms with E-state index < -0.39 is 0 Å². The molecule has 0 saturated heterocycles. The van der Waals surface area contributed by atoms with Crippen LogP contribution in [0.4, 0.5) is 5.69 Å². The Morgan fingerprint density at radius 3 is 2.73 bits per heavy atom. The van der Waals surface area contributed by atoms with E-state index in [1.807, 2.05) is 41.3 Å². The standard InChI is InChI=1S/C18H15N3O/c1-12-10-13-4-2-3-5-17(13)21(12)18(22)14-6-7-15-16(11-14)20-9-8-19-15/h2-9,11-12H,10H2,1H3/t12-/m1/s1. The summed E-state index contributed by atoms with van der Waals surface area (Å²) in [4.78, 5) is 23.3. The van der Waals surface area contributed by atoms with Gasteiger partial charge in [-0.1, -0.05) is 18.2 Å². The summed E-state index contributed by atoms with van der Waals surface area (Å²) in [6.45, 7) is 2.08. The van der Waals surface area contributed by atoms with E-state index >= 15 is 0 Å². The van der Waals surface area contributed by atoms with Crippen molar-refractivity contribution < 1.29 is 4.79 Å². The monoisotopic (exact) mass is 289 g/mol. The molecule has 0 unspecified atom stereocenters. The molecule has 0 spiro atoms. The largest absolute Gasteiger partial charge is 0.305 e. The Balaban J connectivity index is 1.77. The van der Waals surface area contributed by atoms with Crippen LogP contribution < -0.4 is 4.90 Å². The van der Waals surface area contributed by atoms with Gasteiger partial charge in [0.25, 0.3) is 5.91 Å². The van der Waals surface area contributed by atoms with Gasteiger partial charge in [0.2, 0.25) is 0 Å². The first kappa shape index (κ1) is 13.0. The first-order valence-corrected chi connectivity index (χ1v) is 7.36. The molecule has 1 atom stereocenters. The number of carbonyl (C=O) groups excluding carboxylic acids is 1. The summed E-state index contributed by atoms with van der Waals surface area (Å²) in [5.41, 5.74) is 4.43. The Morgan fingerprint density at radius 1 is 1.09 bits per heavy atom. The number of amides is 1. The highest BCUT2D eigenvalue weighted by molar-refractivity contribution is 6.09. The second kappa shape index (κ2) is 4.91. The van der Waals surface area contributed by atoms with Gasteiger partial charge in [0.15, 0.2) is 0 Å². The van der Waals surface area contributed by atoms with Crippen LogP contribution in [0.2, 0.25) is 0 Å². The maximum Gasteiger partial charge on any atom is 0.258 e. The van der Waals surface area contributed by atoms with Crippen molar-refractivity contribution in [2.75, 3.05) is 4.90 Å². The molecule has 4 heteroatoms. The minimum absolute atomic E-state index is 0.0185. The van der Waals surface area contributed by atoms with Gasteiger partial charge in [-0.25, -0.2) is 0 Å². The molecule has 0 bridgehead atoms. The van der Waals surface area contributed by atoms with Gasteiger partial charge < -0.3 is 4.90 Å². The lowest BCUT2D eigenvalue weighted by Gasteiger charge is -2.22. The topological polar surface area (TPSA) is 46.1 Å². The van der Waals surface area contributed by atoms with Crippen molar-refractivity contribution >= 4 is 22.6 Å². The Labute approximate surface area is 128 Å². The highest BCUT2D eigenvalue weighted by atomic mass is 16.2. The summed E-state index contributed by atoms with van der Waals surface area (Å²) in [5.74, 6) is 0.0185. The molecule has 0 aliphatic carbocycles. The molecule has 0 saturated carbocycles. The minimum atomic E-state index is 0.0185. The molecule has 1 aliphatic heterocycles. The average molecular weight is 289 g/mol. The summed E-state index contributed by atoms with van der Waals surface area (Å²) in [6.07, 6.45) is 4.20. The number of para-hydroxylation sites is 1. The summed E-state index contributed by atoms with van der Waals surface area (Å²) in [6, 6.07) is 13.8. The van der Waals surface area contributed by atoms with E-state index in [-0.39, 0.29) is 11.9 Å². The van der Waals surface area contributed by atoms with E-state index in [9.17, 15) is 4.79 Å². The fourth-order valence-electron chi connectivity index (χ4n) is 3.11. The molecule has 3 aromatic rings. The summed E-state index contributed by atoms with van der Waals surface area (Å²) in [7, 11) is 0. The molecule has 1 aliphatic rings. The predicted molar refractivity (Wildman–Crippen MR) is 86.0 cm³/mol. The van der Waals surface area contributed by atoms with Gasteiger partial charge in [-0.2, -0.15) is 0 Å². The number of rotatable bonds is 1. The Kier molecular flexibility index (Phi) is 2.89. The van der Waals surface area contributed by atoms with Gasteiger partial charge in [-0.05, 0) is 43.2 Å². The fraction of sp³-hybridized carbons (Fsp3) is 0.167. The summed E-state index contributed by atoms with van der Waals surface area (Å²) < 4.78 is 0. The normalized spacial score (nSPS) is 16.8. The van der Waals surface area contributed by atoms with E-state index in [1.54, 1.807) is 12.4 Å². The second-order valence-electron chi connectivity index (χ2n) is 5.62. The highest BCUT2D eigenvalue weighted by Gasteiger charge is 2.31. The molecule has 4 rings (SSSR count). The number of nitrogens with zero attached hydrogens (tertiary/aromatic N) is 3. The Hall–Kier alpha value is -2.75. The van der Waals surface area contributed by atoms with Crippen LogP contribution in [-0.4, -0.2) is 21.9 Å². The van der Waals surface area contributed by atoms with Crippen molar-refractivity contribution in [3.8, 4) is 0 Å². The number of benzene rings is 2. The zero-order valence-electron chi connectivity index (χ0n) is 12.2. The van der Waals surface area contributed by atoms with E-state index in [0.29, 0.717) is 5.56 Å². The van der Waals surface area contributed by atoms with Crippen LogP contribution in [0.1, 0.15) is 22.8 Å². The number of hydrogen-bond donors (Lipinski definition) is 0. The molecule has 2 heterocycles. The van der Waals surface area contributed by atoms with Gasteiger partial charge in [0.1, 0.15) is 0 Å². The Bertz CT molecular complexity index is 875. The van der Waals surface area contributed by atoms with Gasteiger partial charge in [-0.15, -0.1) is 0 Å². The van der Waals surface area contributed by atoms with E-state index in [1.165, 1.54) is 5.56 Å². The van der Waals surface area contributed by atoms with Crippen LogP contribution in [-0.2, 0) is 6.42 Å². The third-order valence-corrected chi connectivity index (χ3v) is 4.14. The van der Waals surface area contributed by atoms with Crippen LogP contribution in [0.25, 0.3) is 11.0 Å². The van der Waals surface area contributed by atoms with Gasteiger partial charge in [-0.3, -0.25) is 14.8 Å². The lowest BCUT2D eigenvalue weighted by Crippen LogP contribution is -2.35. The third-order valence-electron chi connectivity index (χ3n) is 4.14. The molecular weight excluding hydrogens is 274 g/mol. The van der Waals surface area contributed by atoms with Crippen LogP contribution in [0.5, 0.6) is 0 Å². The molecule has 1 aromatic heterocycles. The van der Waals surface area contributed by atoms with Gasteiger partial charge >= 0.3 is 0 Å². The van der Waals surface area contributed by atoms with Crippen LogP contribution >= 0.6 is 0 Å². The van der Waals surface area contributed by atoms with Crippen molar-refractivity contribution in [2.24, 2.45) is 0 Å². The number of anilines is 1. The zero-order valence-corrected chi connectivity index (χ0v) is 12.2. The second-order valence-corrected chi connectivity index (χ2v) is 5.62. The third kappa shape index (κ3) is 1.96. The molecule has 1 amide bonds. The lowest BCUT2D eigenvalue weighted by atomic mass is 10.1. The summed E-state index contributed by atoms with van der Waals surface area (Å²) in [5, 5.41) is 0. The maximum absolute atomic E-state index is 12.9. The van der Waals surface area contributed by atoms with Crippen LogP contribution in [0, 0.1) is 0 Å². The van der Waals surface area contributed by atoms with Crippen molar-refractivity contribution in [1.29, 1.82) is 0 Å². The van der Waals surface area contributed by atoms with Gasteiger partial charge in [0, 0.05) is 29.7 Å².